The first kappa shape index (κ1) is 25.4. The van der Waals surface area contributed by atoms with E-state index in [1.807, 2.05) is 0 Å². The van der Waals surface area contributed by atoms with Crippen LogP contribution < -0.4 is 5.32 Å². The van der Waals surface area contributed by atoms with Gasteiger partial charge in [-0.05, 0) is 43.3 Å². The van der Waals surface area contributed by atoms with Crippen LogP contribution in [0.15, 0.2) is 47.4 Å². The van der Waals surface area contributed by atoms with Gasteiger partial charge in [0.15, 0.2) is 0 Å². The zero-order valence-corrected chi connectivity index (χ0v) is 20.2. The second kappa shape index (κ2) is 10.7. The van der Waals surface area contributed by atoms with Crippen LogP contribution >= 0.6 is 34.8 Å². The number of amides is 2. The van der Waals surface area contributed by atoms with Crippen molar-refractivity contribution in [3.05, 3.63) is 63.1 Å². The van der Waals surface area contributed by atoms with Crippen LogP contribution in [-0.2, 0) is 26.2 Å². The first-order chi connectivity index (χ1) is 14.5. The minimum Gasteiger partial charge on any atom is -0.357 e. The fraction of sp³-hybridized carbons (Fsp3) is 0.300. The summed E-state index contributed by atoms with van der Waals surface area (Å²) in [6.45, 7) is 0.976. The monoisotopic (exact) mass is 505 g/mol. The number of hydrogen-bond donors (Lipinski definition) is 1. The summed E-state index contributed by atoms with van der Waals surface area (Å²) in [6.07, 6.45) is 0. The second-order valence-electron chi connectivity index (χ2n) is 6.73. The van der Waals surface area contributed by atoms with Gasteiger partial charge in [0.05, 0.1) is 11.4 Å². The number of nitrogens with one attached hydrogen (secondary N) is 1. The van der Waals surface area contributed by atoms with Crippen LogP contribution in [0.3, 0.4) is 0 Å². The number of benzene rings is 2. The highest BCUT2D eigenvalue weighted by atomic mass is 35.5. The maximum atomic E-state index is 13.1. The van der Waals surface area contributed by atoms with Crippen molar-refractivity contribution in [3.8, 4) is 0 Å². The summed E-state index contributed by atoms with van der Waals surface area (Å²) in [5, 5.41) is 3.54. The number of nitrogens with zero attached hydrogens (tertiary/aromatic N) is 2. The maximum absolute atomic E-state index is 13.1. The van der Waals surface area contributed by atoms with E-state index in [0.29, 0.717) is 20.6 Å². The van der Waals surface area contributed by atoms with Crippen molar-refractivity contribution in [1.29, 1.82) is 0 Å². The van der Waals surface area contributed by atoms with E-state index >= 15 is 0 Å². The molecule has 1 atom stereocenters. The first-order valence-corrected chi connectivity index (χ1v) is 11.7. The Morgan fingerprint density at radius 1 is 1.03 bits per heavy atom. The topological polar surface area (TPSA) is 86.8 Å². The van der Waals surface area contributed by atoms with Crippen LogP contribution in [0.25, 0.3) is 0 Å². The molecule has 2 amide bonds. The molecule has 11 heteroatoms. The molecule has 0 radical (unpaired) electrons. The molecule has 0 aromatic heterocycles. The smallest absolute Gasteiger partial charge is 0.243 e. The van der Waals surface area contributed by atoms with Crippen molar-refractivity contribution in [3.63, 3.8) is 0 Å². The number of rotatable bonds is 8. The Labute approximate surface area is 196 Å². The molecule has 0 saturated heterocycles. The van der Waals surface area contributed by atoms with Crippen LogP contribution in [0.4, 0.5) is 0 Å². The SMILES string of the molecule is CNC(=O)[C@@H](C)N(Cc1c(Cl)cccc1Cl)C(=O)CN(C)S(=O)(=O)c1ccc(Cl)cc1. The molecule has 7 nitrogen and oxygen atoms in total. The van der Waals surface area contributed by atoms with Gasteiger partial charge in [-0.15, -0.1) is 0 Å². The third-order valence-corrected chi connectivity index (χ3v) is 7.46. The number of sulfonamides is 1. The molecule has 2 rings (SSSR count). The molecule has 0 unspecified atom stereocenters. The van der Waals surface area contributed by atoms with E-state index in [1.54, 1.807) is 18.2 Å². The van der Waals surface area contributed by atoms with Crippen LogP contribution in [0.5, 0.6) is 0 Å². The van der Waals surface area contributed by atoms with E-state index in [1.165, 1.54) is 50.2 Å². The standard InChI is InChI=1S/C20H22Cl3N3O4S/c1-13(20(28)24-2)26(11-16-17(22)5-4-6-18(16)23)19(27)12-25(3)31(29,30)15-9-7-14(21)8-10-15/h4-10,13H,11-12H2,1-3H3,(H,24,28)/t13-/m1/s1. The molecule has 0 saturated carbocycles. The van der Waals surface area contributed by atoms with Crippen molar-refractivity contribution in [2.45, 2.75) is 24.4 Å². The van der Waals surface area contributed by atoms with Crippen LogP contribution in [0.2, 0.25) is 15.1 Å². The lowest BCUT2D eigenvalue weighted by molar-refractivity contribution is -0.140. The molecular formula is C20H22Cl3N3O4S. The molecule has 0 aliphatic heterocycles. The van der Waals surface area contributed by atoms with Gasteiger partial charge in [0.1, 0.15) is 6.04 Å². The molecule has 2 aromatic rings. The number of halogens is 3. The predicted octanol–water partition coefficient (Wildman–Crippen LogP) is 3.43. The molecule has 0 bridgehead atoms. The van der Waals surface area contributed by atoms with Gasteiger partial charge in [-0.2, -0.15) is 4.31 Å². The molecule has 168 valence electrons. The van der Waals surface area contributed by atoms with Crippen molar-refractivity contribution >= 4 is 56.6 Å². The van der Waals surface area contributed by atoms with Crippen molar-refractivity contribution in [2.24, 2.45) is 0 Å². The summed E-state index contributed by atoms with van der Waals surface area (Å²) >= 11 is 18.3. The molecule has 0 aliphatic carbocycles. The lowest BCUT2D eigenvalue weighted by atomic mass is 10.1. The quantitative estimate of drug-likeness (QED) is 0.594. The zero-order chi connectivity index (χ0) is 23.3. The normalized spacial score (nSPS) is 12.5. The minimum atomic E-state index is -3.95. The van der Waals surface area contributed by atoms with Crippen molar-refractivity contribution < 1.29 is 18.0 Å². The number of likely N-dealkylation sites (N-methyl/N-ethyl adjacent to an activating group) is 2. The van der Waals surface area contributed by atoms with Gasteiger partial charge in [-0.1, -0.05) is 40.9 Å². The average molecular weight is 507 g/mol. The second-order valence-corrected chi connectivity index (χ2v) is 10.0. The molecule has 1 N–H and O–H groups in total. The summed E-state index contributed by atoms with van der Waals surface area (Å²) in [7, 11) is -1.22. The molecular weight excluding hydrogens is 485 g/mol. The summed E-state index contributed by atoms with van der Waals surface area (Å²) in [5.41, 5.74) is 0.457. The fourth-order valence-electron chi connectivity index (χ4n) is 2.80. The highest BCUT2D eigenvalue weighted by Gasteiger charge is 2.30. The molecule has 0 spiro atoms. The van der Waals surface area contributed by atoms with Gasteiger partial charge in [-0.25, -0.2) is 8.42 Å². The molecule has 0 fully saturated rings. The van der Waals surface area contributed by atoms with Gasteiger partial charge < -0.3 is 10.2 Å². The maximum Gasteiger partial charge on any atom is 0.243 e. The van der Waals surface area contributed by atoms with Crippen LogP contribution in [0.1, 0.15) is 12.5 Å². The summed E-state index contributed by atoms with van der Waals surface area (Å²) in [6, 6.07) is 9.61. The average Bonchev–Trinajstić information content (AvgIpc) is 2.72. The summed E-state index contributed by atoms with van der Waals surface area (Å²) in [4.78, 5) is 26.6. The Bertz CT molecular complexity index is 1040. The highest BCUT2D eigenvalue weighted by Crippen LogP contribution is 2.27. The number of carbonyl (C=O) groups excluding carboxylic acids is 2. The van der Waals surface area contributed by atoms with E-state index in [0.717, 1.165) is 4.31 Å². The summed E-state index contributed by atoms with van der Waals surface area (Å²) in [5.74, 6) is -1.01. The Balaban J connectivity index is 2.32. The number of hydrogen-bond acceptors (Lipinski definition) is 4. The lowest BCUT2D eigenvalue weighted by Crippen LogP contribution is -2.50. The van der Waals surface area contributed by atoms with Crippen molar-refractivity contribution in [2.75, 3.05) is 20.6 Å². The minimum absolute atomic E-state index is 0.00718. The largest absolute Gasteiger partial charge is 0.357 e. The Hall–Kier alpha value is -1.84. The van der Waals surface area contributed by atoms with Gasteiger partial charge in [-0.3, -0.25) is 9.59 Å². The van der Waals surface area contributed by atoms with E-state index in [-0.39, 0.29) is 11.4 Å². The van der Waals surface area contributed by atoms with Crippen LogP contribution in [-0.4, -0.2) is 56.1 Å². The van der Waals surface area contributed by atoms with Gasteiger partial charge in [0, 0.05) is 41.3 Å². The summed E-state index contributed by atoms with van der Waals surface area (Å²) < 4.78 is 26.6. The molecule has 2 aromatic carbocycles. The molecule has 31 heavy (non-hydrogen) atoms. The number of carbonyl (C=O) groups is 2. The van der Waals surface area contributed by atoms with E-state index in [4.69, 9.17) is 34.8 Å². The van der Waals surface area contributed by atoms with Gasteiger partial charge in [0.25, 0.3) is 0 Å². The zero-order valence-electron chi connectivity index (χ0n) is 17.1. The van der Waals surface area contributed by atoms with E-state index in [2.05, 4.69) is 5.32 Å². The van der Waals surface area contributed by atoms with Gasteiger partial charge >= 0.3 is 0 Å². The fourth-order valence-corrected chi connectivity index (χ4v) is 4.56. The predicted molar refractivity (Wildman–Crippen MR) is 122 cm³/mol. The lowest BCUT2D eigenvalue weighted by Gasteiger charge is -2.30. The third-order valence-electron chi connectivity index (χ3n) is 4.68. The van der Waals surface area contributed by atoms with E-state index in [9.17, 15) is 18.0 Å². The third kappa shape index (κ3) is 6.11. The van der Waals surface area contributed by atoms with Crippen molar-refractivity contribution in [1.82, 2.24) is 14.5 Å². The first-order valence-electron chi connectivity index (χ1n) is 9.15. The van der Waals surface area contributed by atoms with Crippen LogP contribution in [0, 0.1) is 0 Å². The molecule has 0 heterocycles. The Morgan fingerprint density at radius 2 is 1.58 bits per heavy atom. The Kier molecular flexibility index (Phi) is 8.73. The van der Waals surface area contributed by atoms with Gasteiger partial charge in [0.2, 0.25) is 21.8 Å². The Morgan fingerprint density at radius 3 is 2.10 bits per heavy atom. The molecule has 0 aliphatic rings. The highest BCUT2D eigenvalue weighted by molar-refractivity contribution is 7.89. The van der Waals surface area contributed by atoms with E-state index < -0.39 is 34.4 Å².